The smallest absolute Gasteiger partial charge is 0.267 e. The Bertz CT molecular complexity index is 870. The van der Waals surface area contributed by atoms with Crippen molar-refractivity contribution in [2.75, 3.05) is 0 Å². The number of para-hydroxylation sites is 2. The van der Waals surface area contributed by atoms with E-state index in [1.807, 2.05) is 49.4 Å². The molecular weight excluding hydrogens is 326 g/mol. The Morgan fingerprint density at radius 3 is 2.62 bits per heavy atom. The highest BCUT2D eigenvalue weighted by molar-refractivity contribution is 5.90. The molecule has 0 fully saturated rings. The van der Waals surface area contributed by atoms with E-state index in [1.165, 1.54) is 6.08 Å². The minimum absolute atomic E-state index is 0. The predicted molar refractivity (Wildman–Crippen MR) is 96.2 cm³/mol. The molecule has 2 N–H and O–H groups in total. The van der Waals surface area contributed by atoms with Crippen LogP contribution in [-0.4, -0.2) is 20.7 Å². The fourth-order valence-electron chi connectivity index (χ4n) is 2.52. The molecule has 0 aliphatic rings. The van der Waals surface area contributed by atoms with Crippen LogP contribution in [0.2, 0.25) is 0 Å². The van der Waals surface area contributed by atoms with Gasteiger partial charge in [-0.1, -0.05) is 36.4 Å². The van der Waals surface area contributed by atoms with Crippen molar-refractivity contribution in [2.45, 2.75) is 13.5 Å². The quantitative estimate of drug-likeness (QED) is 0.434. The lowest BCUT2D eigenvalue weighted by atomic mass is 10.1. The molecule has 0 saturated heterocycles. The van der Waals surface area contributed by atoms with E-state index in [4.69, 9.17) is 5.21 Å². The molecule has 3 rings (SSSR count). The van der Waals surface area contributed by atoms with Gasteiger partial charge in [0, 0.05) is 12.6 Å². The van der Waals surface area contributed by atoms with Crippen LogP contribution in [0.5, 0.6) is 0 Å². The summed E-state index contributed by atoms with van der Waals surface area (Å²) < 4.78 is 2.18. The van der Waals surface area contributed by atoms with Crippen LogP contribution in [0.1, 0.15) is 17.0 Å². The van der Waals surface area contributed by atoms with E-state index in [1.54, 1.807) is 11.6 Å². The van der Waals surface area contributed by atoms with Gasteiger partial charge in [-0.15, -0.1) is 12.4 Å². The molecule has 0 aliphatic carbocycles. The summed E-state index contributed by atoms with van der Waals surface area (Å²) in [6.45, 7) is 2.75. The maximum atomic E-state index is 11.0. The number of hydrogen-bond donors (Lipinski definition) is 2. The number of rotatable bonds is 4. The molecule has 0 saturated carbocycles. The lowest BCUT2D eigenvalue weighted by molar-refractivity contribution is -0.124. The van der Waals surface area contributed by atoms with Crippen LogP contribution in [0.3, 0.4) is 0 Å². The lowest BCUT2D eigenvalue weighted by Gasteiger charge is -2.07. The maximum absolute atomic E-state index is 11.0. The molecule has 0 atom stereocenters. The number of carbonyl (C=O) groups excluding carboxylic acids is 1. The van der Waals surface area contributed by atoms with Gasteiger partial charge in [0.25, 0.3) is 5.91 Å². The van der Waals surface area contributed by atoms with Crippen molar-refractivity contribution in [3.63, 3.8) is 0 Å². The second kappa shape index (κ2) is 7.77. The Kier molecular flexibility index (Phi) is 5.73. The largest absolute Gasteiger partial charge is 0.324 e. The third kappa shape index (κ3) is 3.82. The van der Waals surface area contributed by atoms with Gasteiger partial charge in [-0.25, -0.2) is 10.5 Å². The van der Waals surface area contributed by atoms with Crippen LogP contribution >= 0.6 is 12.4 Å². The molecule has 1 amide bonds. The van der Waals surface area contributed by atoms with Gasteiger partial charge >= 0.3 is 0 Å². The highest BCUT2D eigenvalue weighted by Gasteiger charge is 2.06. The molecule has 5 nitrogen and oxygen atoms in total. The van der Waals surface area contributed by atoms with Gasteiger partial charge < -0.3 is 4.57 Å². The molecule has 2 aromatic carbocycles. The fraction of sp³-hybridized carbons (Fsp3) is 0.111. The molecule has 0 unspecified atom stereocenters. The standard InChI is InChI=1S/C18H17N3O2.ClH/c1-13-19-16-4-2-3-5-17(16)21(13)12-15-8-6-14(7-9-15)10-11-18(22)20-23;/h2-11,23H,12H2,1H3,(H,20,22);1H/b11-10+;. The third-order valence-electron chi connectivity index (χ3n) is 3.70. The number of halogens is 1. The summed E-state index contributed by atoms with van der Waals surface area (Å²) in [6.07, 6.45) is 2.93. The molecule has 124 valence electrons. The van der Waals surface area contributed by atoms with Crippen molar-refractivity contribution < 1.29 is 10.0 Å². The first-order valence-corrected chi connectivity index (χ1v) is 7.30. The van der Waals surface area contributed by atoms with Gasteiger partial charge in [0.2, 0.25) is 0 Å². The van der Waals surface area contributed by atoms with Gasteiger partial charge in [0.05, 0.1) is 11.0 Å². The van der Waals surface area contributed by atoms with E-state index in [0.29, 0.717) is 0 Å². The summed E-state index contributed by atoms with van der Waals surface area (Å²) in [7, 11) is 0. The molecule has 0 spiro atoms. The molecule has 1 heterocycles. The van der Waals surface area contributed by atoms with Gasteiger partial charge in [-0.05, 0) is 36.3 Å². The molecule has 0 bridgehead atoms. The van der Waals surface area contributed by atoms with Crippen molar-refractivity contribution in [3.05, 3.63) is 71.6 Å². The Hall–Kier alpha value is -2.63. The minimum Gasteiger partial charge on any atom is -0.324 e. The van der Waals surface area contributed by atoms with Gasteiger partial charge in [-0.3, -0.25) is 10.0 Å². The minimum atomic E-state index is -0.547. The number of benzene rings is 2. The van der Waals surface area contributed by atoms with E-state index >= 15 is 0 Å². The van der Waals surface area contributed by atoms with Gasteiger partial charge in [-0.2, -0.15) is 0 Å². The first-order valence-electron chi connectivity index (χ1n) is 7.30. The Labute approximate surface area is 146 Å². The number of carbonyl (C=O) groups is 1. The lowest BCUT2D eigenvalue weighted by Crippen LogP contribution is -2.14. The van der Waals surface area contributed by atoms with Crippen LogP contribution < -0.4 is 5.48 Å². The zero-order valence-corrected chi connectivity index (χ0v) is 14.0. The number of fused-ring (bicyclic) bond motifs is 1. The highest BCUT2D eigenvalue weighted by atomic mass is 35.5. The van der Waals surface area contributed by atoms with E-state index in [0.717, 1.165) is 34.5 Å². The van der Waals surface area contributed by atoms with Gasteiger partial charge in [0.15, 0.2) is 0 Å². The first-order chi connectivity index (χ1) is 11.2. The zero-order valence-electron chi connectivity index (χ0n) is 13.1. The Balaban J connectivity index is 0.00000208. The summed E-state index contributed by atoms with van der Waals surface area (Å²) in [5.41, 5.74) is 5.73. The zero-order chi connectivity index (χ0) is 16.2. The Morgan fingerprint density at radius 2 is 1.92 bits per heavy atom. The second-order valence-corrected chi connectivity index (χ2v) is 5.28. The predicted octanol–water partition coefficient (Wildman–Crippen LogP) is 3.33. The normalized spacial score (nSPS) is 10.8. The summed E-state index contributed by atoms with van der Waals surface area (Å²) >= 11 is 0. The van der Waals surface area contributed by atoms with E-state index < -0.39 is 5.91 Å². The van der Waals surface area contributed by atoms with Crippen molar-refractivity contribution in [1.29, 1.82) is 0 Å². The second-order valence-electron chi connectivity index (χ2n) is 5.28. The molecule has 1 aromatic heterocycles. The summed E-state index contributed by atoms with van der Waals surface area (Å²) in [5, 5.41) is 8.45. The van der Waals surface area contributed by atoms with Crippen molar-refractivity contribution >= 4 is 35.4 Å². The van der Waals surface area contributed by atoms with E-state index in [2.05, 4.69) is 15.6 Å². The van der Waals surface area contributed by atoms with Gasteiger partial charge in [0.1, 0.15) is 5.82 Å². The number of hydroxylamine groups is 1. The Morgan fingerprint density at radius 1 is 1.21 bits per heavy atom. The average Bonchev–Trinajstić information content (AvgIpc) is 2.89. The van der Waals surface area contributed by atoms with Crippen LogP contribution in [0.25, 0.3) is 17.1 Å². The number of aryl methyl sites for hydroxylation is 1. The average molecular weight is 344 g/mol. The molecule has 6 heteroatoms. The number of nitrogens with zero attached hydrogens (tertiary/aromatic N) is 2. The third-order valence-corrected chi connectivity index (χ3v) is 3.70. The van der Waals surface area contributed by atoms with Crippen LogP contribution in [-0.2, 0) is 11.3 Å². The molecule has 0 radical (unpaired) electrons. The number of imidazole rings is 1. The number of nitrogens with one attached hydrogen (secondary N) is 1. The number of hydrogen-bond acceptors (Lipinski definition) is 3. The van der Waals surface area contributed by atoms with Crippen LogP contribution in [0, 0.1) is 6.92 Å². The van der Waals surface area contributed by atoms with Crippen LogP contribution in [0.15, 0.2) is 54.6 Å². The van der Waals surface area contributed by atoms with E-state index in [9.17, 15) is 4.79 Å². The fourth-order valence-corrected chi connectivity index (χ4v) is 2.52. The van der Waals surface area contributed by atoms with Crippen molar-refractivity contribution in [1.82, 2.24) is 15.0 Å². The molecule has 24 heavy (non-hydrogen) atoms. The number of aromatic nitrogens is 2. The molecule has 0 aliphatic heterocycles. The molecule has 3 aromatic rings. The first kappa shape index (κ1) is 17.7. The summed E-state index contributed by atoms with van der Waals surface area (Å²) in [4.78, 5) is 15.5. The SMILES string of the molecule is Cc1nc2ccccc2n1Cc1ccc(/C=C/C(=O)NO)cc1.Cl. The van der Waals surface area contributed by atoms with E-state index in [-0.39, 0.29) is 12.4 Å². The monoisotopic (exact) mass is 343 g/mol. The van der Waals surface area contributed by atoms with Crippen molar-refractivity contribution in [2.24, 2.45) is 0 Å². The van der Waals surface area contributed by atoms with Crippen LogP contribution in [0.4, 0.5) is 0 Å². The topological polar surface area (TPSA) is 67.2 Å². The maximum Gasteiger partial charge on any atom is 0.267 e. The number of amides is 1. The highest BCUT2D eigenvalue weighted by Crippen LogP contribution is 2.17. The van der Waals surface area contributed by atoms with Crippen molar-refractivity contribution in [3.8, 4) is 0 Å². The molecular formula is C18H18ClN3O2. The summed E-state index contributed by atoms with van der Waals surface area (Å²) in [6, 6.07) is 16.0. The summed E-state index contributed by atoms with van der Waals surface area (Å²) in [5.74, 6) is 0.435.